The molecule has 20 heavy (non-hydrogen) atoms. The molecule has 1 aliphatic rings. The van der Waals surface area contributed by atoms with Crippen LogP contribution in [0.2, 0.25) is 0 Å². The summed E-state index contributed by atoms with van der Waals surface area (Å²) in [5, 5.41) is 3.14. The lowest BCUT2D eigenvalue weighted by molar-refractivity contribution is -0.182. The first-order chi connectivity index (χ1) is 8.87. The lowest BCUT2D eigenvalue weighted by Crippen LogP contribution is -2.68. The summed E-state index contributed by atoms with van der Waals surface area (Å²) in [6.45, 7) is 7.18. The van der Waals surface area contributed by atoms with Gasteiger partial charge in [-0.1, -0.05) is 26.7 Å². The molecule has 5 heteroatoms. The van der Waals surface area contributed by atoms with Crippen LogP contribution in [0.3, 0.4) is 0 Å². The maximum absolute atomic E-state index is 11.9. The van der Waals surface area contributed by atoms with Gasteiger partial charge < -0.3 is 15.8 Å². The predicted octanol–water partition coefficient (Wildman–Crippen LogP) is 2.64. The first-order valence-electron chi connectivity index (χ1n) is 7.42. The van der Waals surface area contributed by atoms with Gasteiger partial charge >= 0.3 is 0 Å². The van der Waals surface area contributed by atoms with Crippen molar-refractivity contribution in [3.05, 3.63) is 0 Å². The Morgan fingerprint density at radius 3 is 2.35 bits per heavy atom. The van der Waals surface area contributed by atoms with Crippen LogP contribution in [0.25, 0.3) is 0 Å². The number of carbonyl (C=O) groups is 1. The molecule has 1 fully saturated rings. The molecule has 120 valence electrons. The van der Waals surface area contributed by atoms with Gasteiger partial charge in [0.1, 0.15) is 0 Å². The fraction of sp³-hybridized carbons (Fsp3) is 0.933. The topological polar surface area (TPSA) is 64.3 Å². The van der Waals surface area contributed by atoms with Crippen LogP contribution in [0.5, 0.6) is 0 Å². The van der Waals surface area contributed by atoms with Gasteiger partial charge in [-0.3, -0.25) is 4.79 Å². The summed E-state index contributed by atoms with van der Waals surface area (Å²) in [6, 6.07) is 0.231. The van der Waals surface area contributed by atoms with Gasteiger partial charge in [-0.15, -0.1) is 12.4 Å². The summed E-state index contributed by atoms with van der Waals surface area (Å²) in [4.78, 5) is 11.9. The number of methoxy groups -OCH3 is 1. The quantitative estimate of drug-likeness (QED) is 0.678. The van der Waals surface area contributed by atoms with Gasteiger partial charge in [0.25, 0.3) is 0 Å². The summed E-state index contributed by atoms with van der Waals surface area (Å²) < 4.78 is 5.56. The van der Waals surface area contributed by atoms with Crippen molar-refractivity contribution in [3.8, 4) is 0 Å². The Bertz CT molecular complexity index is 310. The van der Waals surface area contributed by atoms with E-state index in [1.54, 1.807) is 7.11 Å². The second-order valence-corrected chi connectivity index (χ2v) is 6.43. The lowest BCUT2D eigenvalue weighted by Gasteiger charge is -2.59. The molecule has 0 bridgehead atoms. The average molecular weight is 307 g/mol. The van der Waals surface area contributed by atoms with Crippen molar-refractivity contribution >= 4 is 18.3 Å². The minimum atomic E-state index is -0.119. The predicted molar refractivity (Wildman–Crippen MR) is 85.1 cm³/mol. The fourth-order valence-electron chi connectivity index (χ4n) is 2.77. The average Bonchev–Trinajstić information content (AvgIpc) is 2.37. The summed E-state index contributed by atoms with van der Waals surface area (Å²) in [7, 11) is 1.75. The van der Waals surface area contributed by atoms with Crippen LogP contribution >= 0.6 is 12.4 Å². The van der Waals surface area contributed by atoms with Gasteiger partial charge in [-0.05, 0) is 32.7 Å². The third kappa shape index (κ3) is 4.34. The van der Waals surface area contributed by atoms with Crippen molar-refractivity contribution in [2.24, 2.45) is 11.1 Å². The molecule has 4 nitrogen and oxygen atoms in total. The Labute approximate surface area is 129 Å². The van der Waals surface area contributed by atoms with Crippen LogP contribution in [-0.4, -0.2) is 31.2 Å². The molecule has 2 atom stereocenters. The molecule has 0 aromatic heterocycles. The smallest absolute Gasteiger partial charge is 0.220 e. The zero-order valence-electron chi connectivity index (χ0n) is 13.3. The molecule has 0 saturated heterocycles. The van der Waals surface area contributed by atoms with Gasteiger partial charge in [-0.25, -0.2) is 0 Å². The van der Waals surface area contributed by atoms with E-state index in [2.05, 4.69) is 26.1 Å². The molecule has 3 N–H and O–H groups in total. The van der Waals surface area contributed by atoms with Crippen molar-refractivity contribution in [1.82, 2.24) is 5.32 Å². The van der Waals surface area contributed by atoms with E-state index < -0.39 is 0 Å². The molecule has 1 saturated carbocycles. The fourth-order valence-corrected chi connectivity index (χ4v) is 2.77. The molecular weight excluding hydrogens is 276 g/mol. The first-order valence-corrected chi connectivity index (χ1v) is 7.42. The molecule has 0 aromatic carbocycles. The summed E-state index contributed by atoms with van der Waals surface area (Å²) >= 11 is 0. The van der Waals surface area contributed by atoms with E-state index in [9.17, 15) is 4.79 Å². The van der Waals surface area contributed by atoms with Gasteiger partial charge in [0.2, 0.25) is 5.91 Å². The van der Waals surface area contributed by atoms with E-state index in [1.807, 2.05) is 0 Å². The number of unbranched alkanes of at least 4 members (excludes halogenated alkanes) is 3. The number of ether oxygens (including phenoxy) is 1. The molecule has 1 aliphatic carbocycles. The van der Waals surface area contributed by atoms with Gasteiger partial charge in [0.15, 0.2) is 0 Å². The number of halogens is 1. The molecule has 0 heterocycles. The van der Waals surface area contributed by atoms with Gasteiger partial charge in [-0.2, -0.15) is 0 Å². The van der Waals surface area contributed by atoms with Crippen molar-refractivity contribution in [2.75, 3.05) is 13.7 Å². The van der Waals surface area contributed by atoms with E-state index in [4.69, 9.17) is 10.5 Å². The van der Waals surface area contributed by atoms with Crippen LogP contribution in [0.15, 0.2) is 0 Å². The van der Waals surface area contributed by atoms with Gasteiger partial charge in [0.05, 0.1) is 5.60 Å². The van der Waals surface area contributed by atoms with Crippen molar-refractivity contribution < 1.29 is 9.53 Å². The Hall–Kier alpha value is -0.320. The van der Waals surface area contributed by atoms with Crippen LogP contribution in [0, 0.1) is 5.41 Å². The number of hydrogen-bond acceptors (Lipinski definition) is 3. The maximum atomic E-state index is 11.9. The zero-order valence-corrected chi connectivity index (χ0v) is 14.1. The third-order valence-electron chi connectivity index (χ3n) is 4.97. The maximum Gasteiger partial charge on any atom is 0.220 e. The second kappa shape index (κ2) is 8.20. The van der Waals surface area contributed by atoms with Crippen LogP contribution < -0.4 is 11.1 Å². The Morgan fingerprint density at radius 1 is 1.25 bits per heavy atom. The third-order valence-corrected chi connectivity index (χ3v) is 4.97. The van der Waals surface area contributed by atoms with E-state index in [0.29, 0.717) is 6.42 Å². The standard InChI is InChI=1S/C15H30N2O2.ClH/c1-14(2)12(11-15(14,3)19-4)17-13(18)9-7-5-6-8-10-16;/h12H,5-11,16H2,1-4H3,(H,17,18);1H. The summed E-state index contributed by atoms with van der Waals surface area (Å²) in [5.41, 5.74) is 5.32. The Balaban J connectivity index is 0.00000361. The van der Waals surface area contributed by atoms with Crippen LogP contribution in [-0.2, 0) is 9.53 Å². The highest BCUT2D eigenvalue weighted by atomic mass is 35.5. The molecule has 0 radical (unpaired) electrons. The lowest BCUT2D eigenvalue weighted by atomic mass is 9.56. The Morgan fingerprint density at radius 2 is 1.85 bits per heavy atom. The summed E-state index contributed by atoms with van der Waals surface area (Å²) in [6.07, 6.45) is 5.76. The normalized spacial score (nSPS) is 27.4. The minimum Gasteiger partial charge on any atom is -0.378 e. The number of nitrogens with two attached hydrogens (primary N) is 1. The van der Waals surface area contributed by atoms with E-state index in [-0.39, 0.29) is 35.4 Å². The first kappa shape index (κ1) is 19.7. The number of carbonyl (C=O) groups excluding carboxylic acids is 1. The summed E-state index contributed by atoms with van der Waals surface area (Å²) in [5.74, 6) is 0.170. The van der Waals surface area contributed by atoms with Crippen molar-refractivity contribution in [2.45, 2.75) is 70.9 Å². The molecule has 1 amide bonds. The minimum absolute atomic E-state index is 0. The Kier molecular flexibility index (Phi) is 8.07. The highest BCUT2D eigenvalue weighted by Gasteiger charge is 2.58. The molecule has 0 aliphatic heterocycles. The number of rotatable bonds is 8. The van der Waals surface area contributed by atoms with E-state index >= 15 is 0 Å². The second-order valence-electron chi connectivity index (χ2n) is 6.43. The molecule has 0 spiro atoms. The largest absolute Gasteiger partial charge is 0.378 e. The number of amides is 1. The number of nitrogens with one attached hydrogen (secondary N) is 1. The monoisotopic (exact) mass is 306 g/mol. The molecular formula is C15H31ClN2O2. The van der Waals surface area contributed by atoms with E-state index in [0.717, 1.165) is 38.6 Å². The van der Waals surface area contributed by atoms with Crippen molar-refractivity contribution in [1.29, 1.82) is 0 Å². The zero-order chi connectivity index (χ0) is 14.5. The highest BCUT2D eigenvalue weighted by molar-refractivity contribution is 5.85. The van der Waals surface area contributed by atoms with Gasteiger partial charge in [0, 0.05) is 25.0 Å². The number of hydrogen-bond donors (Lipinski definition) is 2. The molecule has 1 rings (SSSR count). The SMILES string of the molecule is COC1(C)CC(NC(=O)CCCCCCN)C1(C)C.Cl. The molecule has 2 unspecified atom stereocenters. The van der Waals surface area contributed by atoms with Crippen molar-refractivity contribution in [3.63, 3.8) is 0 Å². The van der Waals surface area contributed by atoms with Crippen LogP contribution in [0.4, 0.5) is 0 Å². The van der Waals surface area contributed by atoms with E-state index in [1.165, 1.54) is 0 Å². The highest BCUT2D eigenvalue weighted by Crippen LogP contribution is 2.51. The van der Waals surface area contributed by atoms with Crippen LogP contribution in [0.1, 0.15) is 59.3 Å². The molecule has 0 aromatic rings.